The van der Waals surface area contributed by atoms with Gasteiger partial charge in [-0.05, 0) is 37.6 Å². The standard InChI is InChI=1S/C22H25N5O3S/c1-12-3-5-16-18(23)19(31-22(16)24-12)20(28)25-14-9-13-4-6-17(26-21(13)30-11-14)27-8-7-15(10-27)29-2/h3-6,14-15H,7-11,23H2,1-2H3,(H,25,28). The number of hydrogen-bond donors (Lipinski definition) is 2. The molecule has 9 heteroatoms. The van der Waals surface area contributed by atoms with Gasteiger partial charge in [-0.3, -0.25) is 4.79 Å². The topological polar surface area (TPSA) is 103 Å². The third-order valence-corrected chi connectivity index (χ3v) is 7.00. The number of nitrogens with two attached hydrogens (primary N) is 1. The lowest BCUT2D eigenvalue weighted by molar-refractivity contribution is 0.0918. The molecule has 2 aliphatic heterocycles. The van der Waals surface area contributed by atoms with Crippen LogP contribution < -0.4 is 20.7 Å². The number of aryl methyl sites for hydroxylation is 1. The fourth-order valence-corrected chi connectivity index (χ4v) is 5.19. The third kappa shape index (κ3) is 3.79. The molecule has 2 atom stereocenters. The molecule has 5 rings (SSSR count). The number of carbonyl (C=O) groups is 1. The Bertz CT molecular complexity index is 1150. The molecule has 2 aliphatic rings. The summed E-state index contributed by atoms with van der Waals surface area (Å²) in [5.41, 5.74) is 8.59. The summed E-state index contributed by atoms with van der Waals surface area (Å²) in [5, 5.41) is 3.88. The van der Waals surface area contributed by atoms with Crippen molar-refractivity contribution in [3.8, 4) is 5.88 Å². The lowest BCUT2D eigenvalue weighted by Gasteiger charge is -2.26. The Hall–Kier alpha value is -2.91. The van der Waals surface area contributed by atoms with Crippen LogP contribution in [0.5, 0.6) is 5.88 Å². The highest BCUT2D eigenvalue weighted by molar-refractivity contribution is 7.21. The van der Waals surface area contributed by atoms with Gasteiger partial charge in [-0.15, -0.1) is 11.3 Å². The van der Waals surface area contributed by atoms with Crippen LogP contribution in [0.25, 0.3) is 10.2 Å². The molecule has 0 aliphatic carbocycles. The molecule has 3 aromatic heterocycles. The third-order valence-electron chi connectivity index (χ3n) is 5.89. The minimum atomic E-state index is -0.192. The van der Waals surface area contributed by atoms with Crippen molar-refractivity contribution in [3.63, 3.8) is 0 Å². The predicted octanol–water partition coefficient (Wildman–Crippen LogP) is 2.54. The number of pyridine rings is 2. The second kappa shape index (κ2) is 7.97. The zero-order valence-electron chi connectivity index (χ0n) is 17.6. The summed E-state index contributed by atoms with van der Waals surface area (Å²) in [6.07, 6.45) is 1.91. The van der Waals surface area contributed by atoms with Crippen LogP contribution in [-0.4, -0.2) is 54.8 Å². The van der Waals surface area contributed by atoms with Crippen molar-refractivity contribution in [2.45, 2.75) is 31.9 Å². The number of nitrogens with zero attached hydrogens (tertiary/aromatic N) is 3. The van der Waals surface area contributed by atoms with Crippen LogP contribution in [0.15, 0.2) is 24.3 Å². The molecule has 1 amide bonds. The summed E-state index contributed by atoms with van der Waals surface area (Å²) >= 11 is 1.32. The second-order valence-corrected chi connectivity index (χ2v) is 9.06. The van der Waals surface area contributed by atoms with Crippen LogP contribution in [0, 0.1) is 6.92 Å². The van der Waals surface area contributed by atoms with Gasteiger partial charge in [-0.1, -0.05) is 0 Å². The Morgan fingerprint density at radius 1 is 1.32 bits per heavy atom. The van der Waals surface area contributed by atoms with Gasteiger partial charge in [0.05, 0.1) is 17.8 Å². The van der Waals surface area contributed by atoms with E-state index in [9.17, 15) is 4.79 Å². The van der Waals surface area contributed by atoms with Crippen LogP contribution in [0.2, 0.25) is 0 Å². The summed E-state index contributed by atoms with van der Waals surface area (Å²) in [6, 6.07) is 7.73. The van der Waals surface area contributed by atoms with Gasteiger partial charge in [-0.25, -0.2) is 4.98 Å². The highest BCUT2D eigenvalue weighted by Crippen LogP contribution is 2.33. The Balaban J connectivity index is 1.28. The summed E-state index contributed by atoms with van der Waals surface area (Å²) < 4.78 is 11.4. The monoisotopic (exact) mass is 439 g/mol. The lowest BCUT2D eigenvalue weighted by Crippen LogP contribution is -2.43. The highest BCUT2D eigenvalue weighted by atomic mass is 32.1. The number of aromatic nitrogens is 2. The molecule has 8 nitrogen and oxygen atoms in total. The van der Waals surface area contributed by atoms with Crippen molar-refractivity contribution in [3.05, 3.63) is 40.4 Å². The minimum Gasteiger partial charge on any atom is -0.475 e. The van der Waals surface area contributed by atoms with E-state index in [4.69, 9.17) is 20.2 Å². The molecule has 3 aromatic rings. The van der Waals surface area contributed by atoms with Gasteiger partial charge < -0.3 is 25.4 Å². The van der Waals surface area contributed by atoms with Crippen molar-refractivity contribution in [1.82, 2.24) is 15.3 Å². The Kier molecular flexibility index (Phi) is 5.15. The first-order chi connectivity index (χ1) is 15.0. The predicted molar refractivity (Wildman–Crippen MR) is 121 cm³/mol. The summed E-state index contributed by atoms with van der Waals surface area (Å²) in [5.74, 6) is 1.36. The molecule has 2 unspecified atom stereocenters. The molecule has 1 saturated heterocycles. The maximum atomic E-state index is 12.9. The van der Waals surface area contributed by atoms with Gasteiger partial charge in [0.1, 0.15) is 22.1 Å². The van der Waals surface area contributed by atoms with Crippen LogP contribution >= 0.6 is 11.3 Å². The molecule has 31 heavy (non-hydrogen) atoms. The molecule has 162 valence electrons. The molecule has 0 bridgehead atoms. The van der Waals surface area contributed by atoms with E-state index in [1.54, 1.807) is 7.11 Å². The first-order valence-corrected chi connectivity index (χ1v) is 11.2. The Morgan fingerprint density at radius 3 is 3.00 bits per heavy atom. The summed E-state index contributed by atoms with van der Waals surface area (Å²) in [4.78, 5) is 25.6. The normalized spacial score (nSPS) is 20.5. The van der Waals surface area contributed by atoms with Gasteiger partial charge >= 0.3 is 0 Å². The largest absolute Gasteiger partial charge is 0.475 e. The van der Waals surface area contributed by atoms with Gasteiger partial charge in [0.2, 0.25) is 5.88 Å². The number of thiophene rings is 1. The molecule has 0 radical (unpaired) electrons. The SMILES string of the molecule is COC1CCN(c2ccc3c(n2)OCC(NC(=O)c2sc4nc(C)ccc4c2N)C3)C1. The van der Waals surface area contributed by atoms with E-state index < -0.39 is 0 Å². The number of methoxy groups -OCH3 is 1. The molecule has 1 fully saturated rings. The highest BCUT2D eigenvalue weighted by Gasteiger charge is 2.28. The van der Waals surface area contributed by atoms with Gasteiger partial charge in [-0.2, -0.15) is 4.98 Å². The fourth-order valence-electron chi connectivity index (χ4n) is 4.15. The van der Waals surface area contributed by atoms with E-state index in [1.165, 1.54) is 11.3 Å². The number of ether oxygens (including phenoxy) is 2. The van der Waals surface area contributed by atoms with Gasteiger partial charge in [0.25, 0.3) is 5.91 Å². The van der Waals surface area contributed by atoms with E-state index in [0.717, 1.165) is 46.8 Å². The van der Waals surface area contributed by atoms with E-state index in [0.29, 0.717) is 29.5 Å². The molecule has 5 heterocycles. The maximum absolute atomic E-state index is 12.9. The average molecular weight is 440 g/mol. The number of nitrogens with one attached hydrogen (secondary N) is 1. The molecule has 0 aromatic carbocycles. The van der Waals surface area contributed by atoms with Gasteiger partial charge in [0.15, 0.2) is 0 Å². The fraction of sp³-hybridized carbons (Fsp3) is 0.409. The number of hydrogen-bond acceptors (Lipinski definition) is 8. The quantitative estimate of drug-likeness (QED) is 0.644. The first-order valence-electron chi connectivity index (χ1n) is 10.4. The van der Waals surface area contributed by atoms with Crippen molar-refractivity contribution in [2.75, 3.05) is 37.4 Å². The second-order valence-electron chi connectivity index (χ2n) is 8.06. The number of amides is 1. The number of carbonyl (C=O) groups excluding carboxylic acids is 1. The van der Waals surface area contributed by atoms with Crippen LogP contribution in [-0.2, 0) is 11.2 Å². The van der Waals surface area contributed by atoms with Gasteiger partial charge in [0, 0.05) is 43.3 Å². The van der Waals surface area contributed by atoms with E-state index in [-0.39, 0.29) is 18.1 Å². The van der Waals surface area contributed by atoms with Crippen LogP contribution in [0.3, 0.4) is 0 Å². The van der Waals surface area contributed by atoms with Crippen molar-refractivity contribution in [2.24, 2.45) is 0 Å². The van der Waals surface area contributed by atoms with Crippen LogP contribution in [0.4, 0.5) is 11.5 Å². The Labute approximate surface area is 184 Å². The van der Waals surface area contributed by atoms with Crippen molar-refractivity contribution < 1.29 is 14.3 Å². The molecule has 3 N–H and O–H groups in total. The van der Waals surface area contributed by atoms with E-state index in [1.807, 2.05) is 31.2 Å². The minimum absolute atomic E-state index is 0.142. The zero-order valence-corrected chi connectivity index (χ0v) is 18.4. The maximum Gasteiger partial charge on any atom is 0.263 e. The number of rotatable bonds is 4. The van der Waals surface area contributed by atoms with E-state index >= 15 is 0 Å². The summed E-state index contributed by atoms with van der Waals surface area (Å²) in [7, 11) is 1.75. The van der Waals surface area contributed by atoms with E-state index in [2.05, 4.69) is 15.2 Å². The Morgan fingerprint density at radius 2 is 2.19 bits per heavy atom. The molecular formula is C22H25N5O3S. The smallest absolute Gasteiger partial charge is 0.263 e. The lowest BCUT2D eigenvalue weighted by atomic mass is 10.1. The zero-order chi connectivity index (χ0) is 21.5. The number of anilines is 2. The molecular weight excluding hydrogens is 414 g/mol. The number of fused-ring (bicyclic) bond motifs is 2. The number of nitrogen functional groups attached to an aromatic ring is 1. The summed E-state index contributed by atoms with van der Waals surface area (Å²) in [6.45, 7) is 4.06. The molecule has 0 spiro atoms. The molecule has 0 saturated carbocycles. The van der Waals surface area contributed by atoms with Crippen LogP contribution in [0.1, 0.15) is 27.3 Å². The van der Waals surface area contributed by atoms with Crippen molar-refractivity contribution in [1.29, 1.82) is 0 Å². The van der Waals surface area contributed by atoms with Crippen molar-refractivity contribution >= 4 is 39.0 Å². The first kappa shape index (κ1) is 20.0. The average Bonchev–Trinajstić information content (AvgIpc) is 3.38.